The zero-order chi connectivity index (χ0) is 50.0. The van der Waals surface area contributed by atoms with Crippen molar-refractivity contribution in [3.05, 3.63) is 85.1 Å². The Bertz CT molecular complexity index is 1330. The van der Waals surface area contributed by atoms with Crippen LogP contribution in [-0.2, 0) is 28.6 Å². The van der Waals surface area contributed by atoms with Crippen molar-refractivity contribution in [1.82, 2.24) is 0 Å². The lowest BCUT2D eigenvalue weighted by Gasteiger charge is -2.18. The molecule has 0 aliphatic carbocycles. The number of carbonyl (C=O) groups excluding carboxylic acids is 3. The van der Waals surface area contributed by atoms with Gasteiger partial charge in [0.25, 0.3) is 0 Å². The van der Waals surface area contributed by atoms with Crippen LogP contribution >= 0.6 is 0 Å². The minimum absolute atomic E-state index is 0.103. The predicted molar refractivity (Wildman–Crippen MR) is 297 cm³/mol. The van der Waals surface area contributed by atoms with Crippen LogP contribution in [0.15, 0.2) is 85.1 Å². The SMILES string of the molecule is CCCCC/C=C\C/C=C\C/C=C\C/C=C\CCCC(=O)O[C@@H](COC(=O)CCCCCCC/C=C\CCCCCCCC)COC(=O)CCCCCCCCCCC/C=C\C/C=C\CCCCC. The summed E-state index contributed by atoms with van der Waals surface area (Å²) in [6.07, 6.45) is 74.3. The Labute approximate surface area is 426 Å². The molecule has 1 atom stereocenters. The third-order valence-electron chi connectivity index (χ3n) is 12.3. The topological polar surface area (TPSA) is 78.9 Å². The number of esters is 3. The number of unbranched alkanes of at least 4 members (excludes halogenated alkanes) is 27. The van der Waals surface area contributed by atoms with Crippen LogP contribution in [0.3, 0.4) is 0 Å². The minimum Gasteiger partial charge on any atom is -0.462 e. The third kappa shape index (κ3) is 55.4. The second kappa shape index (κ2) is 57.2. The zero-order valence-electron chi connectivity index (χ0n) is 45.3. The van der Waals surface area contributed by atoms with Crippen molar-refractivity contribution in [2.24, 2.45) is 0 Å². The van der Waals surface area contributed by atoms with Gasteiger partial charge in [-0.25, -0.2) is 0 Å². The molecule has 6 nitrogen and oxygen atoms in total. The first-order valence-corrected chi connectivity index (χ1v) is 29.1. The lowest BCUT2D eigenvalue weighted by molar-refractivity contribution is -0.167. The molecule has 0 aromatic carbocycles. The lowest BCUT2D eigenvalue weighted by Crippen LogP contribution is -2.30. The minimum atomic E-state index is -0.811. The van der Waals surface area contributed by atoms with Gasteiger partial charge in [-0.3, -0.25) is 14.4 Å². The normalized spacial score (nSPS) is 12.7. The highest BCUT2D eigenvalue weighted by atomic mass is 16.6. The van der Waals surface area contributed by atoms with E-state index in [1.54, 1.807) is 0 Å². The Morgan fingerprint density at radius 2 is 0.536 bits per heavy atom. The maximum Gasteiger partial charge on any atom is 0.306 e. The van der Waals surface area contributed by atoms with Crippen molar-refractivity contribution >= 4 is 17.9 Å². The van der Waals surface area contributed by atoms with E-state index in [9.17, 15) is 14.4 Å². The molecule has 6 heteroatoms. The maximum atomic E-state index is 12.8. The Balaban J connectivity index is 4.47. The number of allylic oxidation sites excluding steroid dienone is 14. The molecule has 0 spiro atoms. The molecule has 0 rings (SSSR count). The molecular formula is C63H108O6. The fraction of sp³-hybridized carbons (Fsp3) is 0.730. The van der Waals surface area contributed by atoms with Crippen LogP contribution < -0.4 is 0 Å². The summed E-state index contributed by atoms with van der Waals surface area (Å²) in [6, 6.07) is 0. The van der Waals surface area contributed by atoms with Crippen LogP contribution in [0.25, 0.3) is 0 Å². The first-order valence-electron chi connectivity index (χ1n) is 29.1. The number of hydrogen-bond donors (Lipinski definition) is 0. The van der Waals surface area contributed by atoms with Gasteiger partial charge in [-0.1, -0.05) is 228 Å². The van der Waals surface area contributed by atoms with Crippen LogP contribution in [0.4, 0.5) is 0 Å². The standard InChI is InChI=1S/C63H108O6/c1-4-7-10-13-16-19-22-25-28-30-31-33-35-38-41-44-47-50-53-56-62(65)68-59-60(58-67-61(64)55-52-49-46-43-40-37-34-27-24-21-18-15-12-9-6-3)69-63(66)57-54-51-48-45-42-39-36-32-29-26-23-20-17-14-11-8-5-2/h16-17,19-20,25-29,34,36,39,45,48,60H,4-15,18,21-24,30-33,35,37-38,40-44,46-47,49-59H2,1-3H3/b19-16-,20-17-,28-25-,29-26-,34-27-,39-36-,48-45-/t60-/m0/s1. The summed E-state index contributed by atoms with van der Waals surface area (Å²) < 4.78 is 16.8. The molecule has 0 fully saturated rings. The van der Waals surface area contributed by atoms with E-state index >= 15 is 0 Å². The molecule has 0 heterocycles. The molecule has 0 aromatic rings. The molecule has 0 aliphatic rings. The molecule has 0 saturated carbocycles. The van der Waals surface area contributed by atoms with E-state index in [2.05, 4.69) is 106 Å². The molecule has 0 unspecified atom stereocenters. The molecule has 0 bridgehead atoms. The number of rotatable bonds is 52. The lowest BCUT2D eigenvalue weighted by atomic mass is 10.1. The summed E-state index contributed by atoms with van der Waals surface area (Å²) in [7, 11) is 0. The van der Waals surface area contributed by atoms with Gasteiger partial charge in [0.2, 0.25) is 0 Å². The third-order valence-corrected chi connectivity index (χ3v) is 12.3. The van der Waals surface area contributed by atoms with Gasteiger partial charge >= 0.3 is 17.9 Å². The van der Waals surface area contributed by atoms with E-state index in [1.807, 2.05) is 0 Å². The Hall–Kier alpha value is -3.41. The molecule has 0 N–H and O–H groups in total. The average molecular weight is 962 g/mol. The maximum absolute atomic E-state index is 12.8. The Morgan fingerprint density at radius 3 is 0.899 bits per heavy atom. The fourth-order valence-electron chi connectivity index (χ4n) is 7.93. The highest BCUT2D eigenvalue weighted by Gasteiger charge is 2.19. The van der Waals surface area contributed by atoms with Crippen molar-refractivity contribution in [3.8, 4) is 0 Å². The molecule has 69 heavy (non-hydrogen) atoms. The quantitative estimate of drug-likeness (QED) is 0.0262. The molecule has 0 radical (unpaired) electrons. The van der Waals surface area contributed by atoms with E-state index in [4.69, 9.17) is 14.2 Å². The average Bonchev–Trinajstić information content (AvgIpc) is 3.35. The Kier molecular flexibility index (Phi) is 54.3. The van der Waals surface area contributed by atoms with Gasteiger partial charge in [-0.05, 0) is 116 Å². The molecule has 0 aliphatic heterocycles. The summed E-state index contributed by atoms with van der Waals surface area (Å²) in [4.78, 5) is 38.1. The van der Waals surface area contributed by atoms with Crippen molar-refractivity contribution in [1.29, 1.82) is 0 Å². The summed E-state index contributed by atoms with van der Waals surface area (Å²) in [6.45, 7) is 6.54. The largest absolute Gasteiger partial charge is 0.462 e. The van der Waals surface area contributed by atoms with Gasteiger partial charge in [-0.15, -0.1) is 0 Å². The monoisotopic (exact) mass is 961 g/mol. The highest BCUT2D eigenvalue weighted by Crippen LogP contribution is 2.14. The van der Waals surface area contributed by atoms with Gasteiger partial charge in [0.1, 0.15) is 13.2 Å². The molecule has 0 amide bonds. The van der Waals surface area contributed by atoms with E-state index in [0.717, 1.165) is 77.0 Å². The van der Waals surface area contributed by atoms with Crippen molar-refractivity contribution in [2.75, 3.05) is 13.2 Å². The summed E-state index contributed by atoms with van der Waals surface area (Å²) >= 11 is 0. The smallest absolute Gasteiger partial charge is 0.306 e. The number of hydrogen-bond acceptors (Lipinski definition) is 6. The highest BCUT2D eigenvalue weighted by molar-refractivity contribution is 5.71. The van der Waals surface area contributed by atoms with E-state index in [0.29, 0.717) is 19.3 Å². The summed E-state index contributed by atoms with van der Waals surface area (Å²) in [5.74, 6) is -0.966. The van der Waals surface area contributed by atoms with Gasteiger partial charge < -0.3 is 14.2 Å². The van der Waals surface area contributed by atoms with Crippen molar-refractivity contribution < 1.29 is 28.6 Å². The zero-order valence-corrected chi connectivity index (χ0v) is 45.3. The second-order valence-electron chi connectivity index (χ2n) is 19.2. The van der Waals surface area contributed by atoms with Crippen LogP contribution in [0.5, 0.6) is 0 Å². The Morgan fingerprint density at radius 1 is 0.290 bits per heavy atom. The molecule has 0 saturated heterocycles. The van der Waals surface area contributed by atoms with Crippen LogP contribution in [0, 0.1) is 0 Å². The summed E-state index contributed by atoms with van der Waals surface area (Å²) in [5, 5.41) is 0. The summed E-state index contributed by atoms with van der Waals surface area (Å²) in [5.41, 5.74) is 0. The van der Waals surface area contributed by atoms with Crippen molar-refractivity contribution in [3.63, 3.8) is 0 Å². The molecular weight excluding hydrogens is 853 g/mol. The van der Waals surface area contributed by atoms with E-state index in [-0.39, 0.29) is 37.5 Å². The molecule has 0 aromatic heterocycles. The van der Waals surface area contributed by atoms with E-state index < -0.39 is 6.10 Å². The molecule has 396 valence electrons. The van der Waals surface area contributed by atoms with Gasteiger partial charge in [0.15, 0.2) is 6.10 Å². The van der Waals surface area contributed by atoms with Crippen LogP contribution in [0.2, 0.25) is 0 Å². The second-order valence-corrected chi connectivity index (χ2v) is 19.2. The number of ether oxygens (including phenoxy) is 3. The van der Waals surface area contributed by atoms with Crippen LogP contribution in [-0.4, -0.2) is 37.2 Å². The predicted octanol–water partition coefficient (Wildman–Crippen LogP) is 19.5. The van der Waals surface area contributed by atoms with Crippen LogP contribution in [0.1, 0.15) is 278 Å². The number of carbonyl (C=O) groups is 3. The van der Waals surface area contributed by atoms with Gasteiger partial charge in [0, 0.05) is 19.3 Å². The van der Waals surface area contributed by atoms with E-state index in [1.165, 1.54) is 154 Å². The van der Waals surface area contributed by atoms with Crippen molar-refractivity contribution in [2.45, 2.75) is 284 Å². The first-order chi connectivity index (χ1) is 34.0. The van der Waals surface area contributed by atoms with Gasteiger partial charge in [-0.2, -0.15) is 0 Å². The first kappa shape index (κ1) is 65.6. The fourth-order valence-corrected chi connectivity index (χ4v) is 7.93. The van der Waals surface area contributed by atoms with Gasteiger partial charge in [0.05, 0.1) is 0 Å².